The standard InChI is InChI=1S/C14H23ClN2OS/c1-3-18-14(8-6-10(2)7-9-14)13(17-16)11-4-5-12(15)19-11/h4-5,10,13,17H,3,6-9,16H2,1-2H3. The summed E-state index contributed by atoms with van der Waals surface area (Å²) in [7, 11) is 0. The Kier molecular flexibility index (Phi) is 5.26. The van der Waals surface area contributed by atoms with Gasteiger partial charge >= 0.3 is 0 Å². The Labute approximate surface area is 124 Å². The molecule has 2 rings (SSSR count). The topological polar surface area (TPSA) is 47.3 Å². The van der Waals surface area contributed by atoms with Crippen molar-refractivity contribution >= 4 is 22.9 Å². The summed E-state index contributed by atoms with van der Waals surface area (Å²) in [5.74, 6) is 6.61. The highest BCUT2D eigenvalue weighted by atomic mass is 35.5. The van der Waals surface area contributed by atoms with Gasteiger partial charge in [-0.1, -0.05) is 18.5 Å². The lowest BCUT2D eigenvalue weighted by molar-refractivity contribution is -0.0969. The maximum absolute atomic E-state index is 6.16. The molecule has 1 heterocycles. The minimum Gasteiger partial charge on any atom is -0.373 e. The molecule has 0 amide bonds. The Bertz CT molecular complexity index is 402. The summed E-state index contributed by atoms with van der Waals surface area (Å²) in [6.07, 6.45) is 4.48. The van der Waals surface area contributed by atoms with E-state index >= 15 is 0 Å². The van der Waals surface area contributed by atoms with Gasteiger partial charge in [0.05, 0.1) is 16.0 Å². The second kappa shape index (κ2) is 6.55. The highest BCUT2D eigenvalue weighted by Gasteiger charge is 2.43. The van der Waals surface area contributed by atoms with Crippen molar-refractivity contribution in [3.63, 3.8) is 0 Å². The van der Waals surface area contributed by atoms with Crippen LogP contribution in [-0.2, 0) is 4.74 Å². The number of thiophene rings is 1. The van der Waals surface area contributed by atoms with Crippen LogP contribution >= 0.6 is 22.9 Å². The molecule has 0 aliphatic heterocycles. The summed E-state index contributed by atoms with van der Waals surface area (Å²) in [6.45, 7) is 5.07. The molecule has 0 radical (unpaired) electrons. The molecule has 3 N–H and O–H groups in total. The lowest BCUT2D eigenvalue weighted by Gasteiger charge is -2.44. The van der Waals surface area contributed by atoms with E-state index in [1.54, 1.807) is 11.3 Å². The predicted octanol–water partition coefficient (Wildman–Crippen LogP) is 3.89. The van der Waals surface area contributed by atoms with Gasteiger partial charge in [-0.2, -0.15) is 0 Å². The van der Waals surface area contributed by atoms with Crippen molar-refractivity contribution in [3.8, 4) is 0 Å². The third-order valence-electron chi connectivity index (χ3n) is 4.12. The highest BCUT2D eigenvalue weighted by molar-refractivity contribution is 7.16. The van der Waals surface area contributed by atoms with Crippen LogP contribution in [0.4, 0.5) is 0 Å². The lowest BCUT2D eigenvalue weighted by Crippen LogP contribution is -2.50. The molecule has 1 saturated carbocycles. The van der Waals surface area contributed by atoms with E-state index in [4.69, 9.17) is 22.2 Å². The average molecular weight is 303 g/mol. The molecule has 1 aliphatic carbocycles. The molecule has 108 valence electrons. The Balaban J connectivity index is 2.25. The van der Waals surface area contributed by atoms with Crippen molar-refractivity contribution in [2.75, 3.05) is 6.61 Å². The van der Waals surface area contributed by atoms with Gasteiger partial charge in [-0.3, -0.25) is 5.84 Å². The molecule has 0 aromatic carbocycles. The molecule has 5 heteroatoms. The number of hydrogen-bond donors (Lipinski definition) is 2. The number of nitrogens with two attached hydrogens (primary N) is 1. The van der Waals surface area contributed by atoms with Gasteiger partial charge in [0.25, 0.3) is 0 Å². The van der Waals surface area contributed by atoms with Crippen molar-refractivity contribution < 1.29 is 4.74 Å². The van der Waals surface area contributed by atoms with Crippen molar-refractivity contribution in [3.05, 3.63) is 21.3 Å². The van der Waals surface area contributed by atoms with Crippen molar-refractivity contribution in [2.45, 2.75) is 51.2 Å². The highest BCUT2D eigenvalue weighted by Crippen LogP contribution is 2.44. The van der Waals surface area contributed by atoms with Crippen LogP contribution in [-0.4, -0.2) is 12.2 Å². The molecule has 1 aliphatic rings. The smallest absolute Gasteiger partial charge is 0.0931 e. The Morgan fingerprint density at radius 3 is 2.68 bits per heavy atom. The van der Waals surface area contributed by atoms with Gasteiger partial charge < -0.3 is 4.74 Å². The summed E-state index contributed by atoms with van der Waals surface area (Å²) >= 11 is 7.64. The third-order valence-corrected chi connectivity index (χ3v) is 5.42. The van der Waals surface area contributed by atoms with E-state index in [0.717, 1.165) is 28.0 Å². The zero-order valence-corrected chi connectivity index (χ0v) is 13.2. The summed E-state index contributed by atoms with van der Waals surface area (Å²) in [6, 6.07) is 4.00. The fourth-order valence-corrected chi connectivity index (χ4v) is 4.26. The lowest BCUT2D eigenvalue weighted by atomic mass is 9.75. The first-order chi connectivity index (χ1) is 9.11. The summed E-state index contributed by atoms with van der Waals surface area (Å²) in [5, 5.41) is 0. The quantitative estimate of drug-likeness (QED) is 0.641. The van der Waals surface area contributed by atoms with Crippen LogP contribution in [0.25, 0.3) is 0 Å². The Morgan fingerprint density at radius 1 is 1.53 bits per heavy atom. The predicted molar refractivity (Wildman–Crippen MR) is 81.4 cm³/mol. The fourth-order valence-electron chi connectivity index (χ4n) is 3.03. The molecule has 1 fully saturated rings. The second-order valence-electron chi connectivity index (χ2n) is 5.42. The van der Waals surface area contributed by atoms with Gasteiger partial charge in [-0.25, -0.2) is 5.43 Å². The zero-order chi connectivity index (χ0) is 13.9. The molecule has 0 saturated heterocycles. The van der Waals surface area contributed by atoms with E-state index in [9.17, 15) is 0 Å². The van der Waals surface area contributed by atoms with E-state index < -0.39 is 0 Å². The molecule has 1 aromatic heterocycles. The molecule has 0 spiro atoms. The number of hydrogen-bond acceptors (Lipinski definition) is 4. The molecule has 3 nitrogen and oxygen atoms in total. The van der Waals surface area contributed by atoms with Crippen LogP contribution < -0.4 is 11.3 Å². The van der Waals surface area contributed by atoms with Crippen molar-refractivity contribution in [2.24, 2.45) is 11.8 Å². The molecular weight excluding hydrogens is 280 g/mol. The van der Waals surface area contributed by atoms with Gasteiger partial charge in [0, 0.05) is 11.5 Å². The van der Waals surface area contributed by atoms with Crippen molar-refractivity contribution in [1.29, 1.82) is 0 Å². The first-order valence-corrected chi connectivity index (χ1v) is 8.16. The number of hydrazine groups is 1. The molecule has 1 aromatic rings. The second-order valence-corrected chi connectivity index (χ2v) is 7.17. The number of halogens is 1. The Morgan fingerprint density at radius 2 is 2.21 bits per heavy atom. The van der Waals surface area contributed by atoms with E-state index in [-0.39, 0.29) is 11.6 Å². The third kappa shape index (κ3) is 3.31. The molecule has 1 unspecified atom stereocenters. The largest absolute Gasteiger partial charge is 0.373 e. The van der Waals surface area contributed by atoms with Crippen LogP contribution in [0.2, 0.25) is 4.34 Å². The van der Waals surface area contributed by atoms with E-state index in [2.05, 4.69) is 25.3 Å². The number of ether oxygens (including phenoxy) is 1. The van der Waals surface area contributed by atoms with Crippen LogP contribution in [0.3, 0.4) is 0 Å². The maximum atomic E-state index is 6.16. The monoisotopic (exact) mass is 302 g/mol. The van der Waals surface area contributed by atoms with E-state index in [1.807, 2.05) is 6.07 Å². The van der Waals surface area contributed by atoms with Gasteiger partial charge in [0.15, 0.2) is 0 Å². The molecular formula is C14H23ClN2OS. The zero-order valence-electron chi connectivity index (χ0n) is 11.6. The summed E-state index contributed by atoms with van der Waals surface area (Å²) in [4.78, 5) is 1.16. The van der Waals surface area contributed by atoms with Gasteiger partial charge in [-0.05, 0) is 50.7 Å². The van der Waals surface area contributed by atoms with Crippen LogP contribution in [0.5, 0.6) is 0 Å². The maximum Gasteiger partial charge on any atom is 0.0931 e. The fraction of sp³-hybridized carbons (Fsp3) is 0.714. The minimum absolute atomic E-state index is 0.0254. The van der Waals surface area contributed by atoms with Gasteiger partial charge in [-0.15, -0.1) is 11.3 Å². The van der Waals surface area contributed by atoms with Crippen LogP contribution in [0.15, 0.2) is 12.1 Å². The average Bonchev–Trinajstić information content (AvgIpc) is 2.81. The summed E-state index contributed by atoms with van der Waals surface area (Å²) < 4.78 is 6.95. The Hall–Kier alpha value is -0.130. The van der Waals surface area contributed by atoms with E-state index in [0.29, 0.717) is 6.61 Å². The SMILES string of the molecule is CCOC1(C(NN)c2ccc(Cl)s2)CCC(C)CC1. The molecule has 0 bridgehead atoms. The molecule has 1 atom stereocenters. The minimum atomic E-state index is -0.190. The normalized spacial score (nSPS) is 29.4. The van der Waals surface area contributed by atoms with Gasteiger partial charge in [0.1, 0.15) is 0 Å². The van der Waals surface area contributed by atoms with E-state index in [1.165, 1.54) is 12.8 Å². The number of rotatable bonds is 5. The van der Waals surface area contributed by atoms with Crippen LogP contribution in [0.1, 0.15) is 50.4 Å². The van der Waals surface area contributed by atoms with Crippen LogP contribution in [0, 0.1) is 5.92 Å². The first kappa shape index (κ1) is 15.3. The van der Waals surface area contributed by atoms with Gasteiger partial charge in [0.2, 0.25) is 0 Å². The first-order valence-electron chi connectivity index (χ1n) is 6.96. The number of nitrogens with one attached hydrogen (secondary N) is 1. The van der Waals surface area contributed by atoms with Crippen molar-refractivity contribution in [1.82, 2.24) is 5.43 Å². The molecule has 19 heavy (non-hydrogen) atoms. The summed E-state index contributed by atoms with van der Waals surface area (Å²) in [5.41, 5.74) is 2.78.